The number of halogens is 1. The lowest BCUT2D eigenvalue weighted by Crippen LogP contribution is -1.68. The van der Waals surface area contributed by atoms with Gasteiger partial charge in [-0.15, -0.1) is 11.3 Å². The summed E-state index contributed by atoms with van der Waals surface area (Å²) in [5.74, 6) is 0. The molecule has 0 bridgehead atoms. The molecule has 2 heteroatoms. The van der Waals surface area contributed by atoms with Gasteiger partial charge in [-0.1, -0.05) is 12.1 Å². The third kappa shape index (κ3) is 1.21. The molecule has 0 aliphatic heterocycles. The Morgan fingerprint density at radius 2 is 2.18 bits per heavy atom. The molecular weight excluding hydrogens is 220 g/mol. The van der Waals surface area contributed by atoms with E-state index in [-0.39, 0.29) is 0 Å². The van der Waals surface area contributed by atoms with E-state index in [1.54, 1.807) is 11.3 Å². The fourth-order valence-corrected chi connectivity index (χ4v) is 2.78. The van der Waals surface area contributed by atoms with Gasteiger partial charge in [0.1, 0.15) is 0 Å². The van der Waals surface area contributed by atoms with Crippen LogP contribution in [0.2, 0.25) is 0 Å². The van der Waals surface area contributed by atoms with Crippen LogP contribution in [0.3, 0.4) is 0 Å². The molecule has 0 saturated carbocycles. The van der Waals surface area contributed by atoms with Crippen molar-refractivity contribution < 1.29 is 0 Å². The van der Waals surface area contributed by atoms with Crippen molar-refractivity contribution in [3.8, 4) is 0 Å². The second-order valence-electron chi connectivity index (χ2n) is 2.58. The van der Waals surface area contributed by atoms with Crippen LogP contribution in [0.1, 0.15) is 5.56 Å². The van der Waals surface area contributed by atoms with E-state index in [2.05, 4.69) is 46.4 Å². The molecule has 2 rings (SSSR count). The molecule has 0 aliphatic rings. The highest BCUT2D eigenvalue weighted by Crippen LogP contribution is 2.30. The molecule has 0 radical (unpaired) electrons. The van der Waals surface area contributed by atoms with E-state index in [1.165, 1.54) is 20.1 Å². The van der Waals surface area contributed by atoms with Crippen LogP contribution in [-0.4, -0.2) is 0 Å². The Balaban J connectivity index is 2.86. The Labute approximate surface area is 78.0 Å². The minimum absolute atomic E-state index is 1.21. The molecule has 0 atom stereocenters. The molecule has 0 N–H and O–H groups in total. The van der Waals surface area contributed by atoms with Crippen LogP contribution in [0.15, 0.2) is 28.1 Å². The molecule has 2 aromatic rings. The molecule has 1 aromatic heterocycles. The minimum Gasteiger partial charge on any atom is -0.143 e. The zero-order valence-corrected chi connectivity index (χ0v) is 8.50. The van der Waals surface area contributed by atoms with Crippen LogP contribution in [0.25, 0.3) is 10.1 Å². The van der Waals surface area contributed by atoms with Gasteiger partial charge in [0.2, 0.25) is 0 Å². The fraction of sp³-hybridized carbons (Fsp3) is 0.111. The molecule has 0 unspecified atom stereocenters. The summed E-state index contributed by atoms with van der Waals surface area (Å²) in [6, 6.07) is 6.51. The SMILES string of the molecule is Cc1ccc2c(Br)csc2c1. The summed E-state index contributed by atoms with van der Waals surface area (Å²) in [6.07, 6.45) is 0. The second-order valence-corrected chi connectivity index (χ2v) is 4.35. The monoisotopic (exact) mass is 226 g/mol. The van der Waals surface area contributed by atoms with Gasteiger partial charge >= 0.3 is 0 Å². The lowest BCUT2D eigenvalue weighted by Gasteiger charge is -1.91. The van der Waals surface area contributed by atoms with Gasteiger partial charge < -0.3 is 0 Å². The topological polar surface area (TPSA) is 0 Å². The van der Waals surface area contributed by atoms with Crippen LogP contribution in [0, 0.1) is 6.92 Å². The van der Waals surface area contributed by atoms with Crippen LogP contribution in [-0.2, 0) is 0 Å². The molecule has 0 amide bonds. The molecule has 1 aromatic carbocycles. The third-order valence-electron chi connectivity index (χ3n) is 1.68. The normalized spacial score (nSPS) is 10.7. The van der Waals surface area contributed by atoms with Gasteiger partial charge in [-0.2, -0.15) is 0 Å². The molecule has 0 spiro atoms. The second kappa shape index (κ2) is 2.61. The van der Waals surface area contributed by atoms with Gasteiger partial charge in [0, 0.05) is 19.9 Å². The molecule has 0 saturated heterocycles. The molecule has 11 heavy (non-hydrogen) atoms. The number of benzene rings is 1. The molecule has 0 aliphatic carbocycles. The summed E-state index contributed by atoms with van der Waals surface area (Å²) in [5.41, 5.74) is 1.33. The average Bonchev–Trinajstić information content (AvgIpc) is 2.32. The molecule has 56 valence electrons. The van der Waals surface area contributed by atoms with E-state index in [9.17, 15) is 0 Å². The summed E-state index contributed by atoms with van der Waals surface area (Å²) >= 11 is 5.28. The van der Waals surface area contributed by atoms with E-state index < -0.39 is 0 Å². The van der Waals surface area contributed by atoms with Crippen LogP contribution >= 0.6 is 27.3 Å². The lowest BCUT2D eigenvalue weighted by atomic mass is 10.2. The number of aryl methyl sites for hydroxylation is 1. The predicted molar refractivity (Wildman–Crippen MR) is 54.3 cm³/mol. The summed E-state index contributed by atoms with van der Waals surface area (Å²) < 4.78 is 2.56. The van der Waals surface area contributed by atoms with Crippen molar-refractivity contribution in [2.75, 3.05) is 0 Å². The van der Waals surface area contributed by atoms with Crippen molar-refractivity contribution in [2.24, 2.45) is 0 Å². The quantitative estimate of drug-likeness (QED) is 0.638. The Morgan fingerprint density at radius 3 is 3.00 bits per heavy atom. The van der Waals surface area contributed by atoms with Crippen molar-refractivity contribution in [3.05, 3.63) is 33.6 Å². The zero-order valence-electron chi connectivity index (χ0n) is 6.10. The highest BCUT2D eigenvalue weighted by molar-refractivity contribution is 9.10. The van der Waals surface area contributed by atoms with Crippen molar-refractivity contribution >= 4 is 37.4 Å². The van der Waals surface area contributed by atoms with E-state index >= 15 is 0 Å². The standard InChI is InChI=1S/C9H7BrS/c1-6-2-3-7-8(10)5-11-9(7)4-6/h2-5H,1H3. The number of hydrogen-bond donors (Lipinski definition) is 0. The van der Waals surface area contributed by atoms with E-state index in [1.807, 2.05) is 0 Å². The van der Waals surface area contributed by atoms with Crippen LogP contribution in [0.4, 0.5) is 0 Å². The molecular formula is C9H7BrS. The van der Waals surface area contributed by atoms with Crippen LogP contribution in [0.5, 0.6) is 0 Å². The maximum absolute atomic E-state index is 3.50. The van der Waals surface area contributed by atoms with Gasteiger partial charge in [-0.25, -0.2) is 0 Å². The highest BCUT2D eigenvalue weighted by Gasteiger charge is 1.99. The van der Waals surface area contributed by atoms with E-state index in [4.69, 9.17) is 0 Å². The number of thiophene rings is 1. The van der Waals surface area contributed by atoms with Crippen molar-refractivity contribution in [3.63, 3.8) is 0 Å². The summed E-state index contributed by atoms with van der Waals surface area (Å²) in [5, 5.41) is 3.45. The maximum Gasteiger partial charge on any atom is 0.0361 e. The molecule has 0 nitrogen and oxygen atoms in total. The van der Waals surface area contributed by atoms with Gasteiger partial charge in [0.15, 0.2) is 0 Å². The summed E-state index contributed by atoms with van der Waals surface area (Å²) in [6.45, 7) is 2.12. The first kappa shape index (κ1) is 7.32. The van der Waals surface area contributed by atoms with Crippen molar-refractivity contribution in [1.82, 2.24) is 0 Å². The van der Waals surface area contributed by atoms with Gasteiger partial charge in [-0.3, -0.25) is 0 Å². The van der Waals surface area contributed by atoms with Gasteiger partial charge in [-0.05, 0) is 34.5 Å². The van der Waals surface area contributed by atoms with Gasteiger partial charge in [0.05, 0.1) is 0 Å². The molecule has 0 fully saturated rings. The highest BCUT2D eigenvalue weighted by atomic mass is 79.9. The first-order valence-corrected chi connectivity index (χ1v) is 5.08. The zero-order chi connectivity index (χ0) is 7.84. The Hall–Kier alpha value is -0.340. The summed E-state index contributed by atoms with van der Waals surface area (Å²) in [7, 11) is 0. The molecule has 1 heterocycles. The van der Waals surface area contributed by atoms with E-state index in [0.717, 1.165) is 0 Å². The van der Waals surface area contributed by atoms with Crippen molar-refractivity contribution in [1.29, 1.82) is 0 Å². The Kier molecular flexibility index (Phi) is 1.74. The number of hydrogen-bond acceptors (Lipinski definition) is 1. The number of rotatable bonds is 0. The third-order valence-corrected chi connectivity index (χ3v) is 3.59. The first-order chi connectivity index (χ1) is 5.27. The van der Waals surface area contributed by atoms with E-state index in [0.29, 0.717) is 0 Å². The predicted octanol–water partition coefficient (Wildman–Crippen LogP) is 3.97. The summed E-state index contributed by atoms with van der Waals surface area (Å²) in [4.78, 5) is 0. The van der Waals surface area contributed by atoms with Crippen molar-refractivity contribution in [2.45, 2.75) is 6.92 Å². The number of fused-ring (bicyclic) bond motifs is 1. The van der Waals surface area contributed by atoms with Gasteiger partial charge in [0.25, 0.3) is 0 Å². The largest absolute Gasteiger partial charge is 0.143 e. The average molecular weight is 227 g/mol. The fourth-order valence-electron chi connectivity index (χ4n) is 1.10. The Bertz CT molecular complexity index is 389. The first-order valence-electron chi connectivity index (χ1n) is 3.41. The lowest BCUT2D eigenvalue weighted by molar-refractivity contribution is 1.52. The Morgan fingerprint density at radius 1 is 1.36 bits per heavy atom. The smallest absolute Gasteiger partial charge is 0.0361 e. The minimum atomic E-state index is 1.21. The van der Waals surface area contributed by atoms with Crippen LogP contribution < -0.4 is 0 Å². The maximum atomic E-state index is 3.50.